The molecule has 0 aliphatic rings. The van der Waals surface area contributed by atoms with Crippen molar-refractivity contribution in [2.75, 3.05) is 34.4 Å². The summed E-state index contributed by atoms with van der Waals surface area (Å²) in [6.07, 6.45) is 3.07. The van der Waals surface area contributed by atoms with Gasteiger partial charge < -0.3 is 16.4 Å². The second-order valence-electron chi connectivity index (χ2n) is 7.55. The summed E-state index contributed by atoms with van der Waals surface area (Å²) >= 11 is 3.48. The van der Waals surface area contributed by atoms with Gasteiger partial charge in [0.1, 0.15) is 17.5 Å². The first kappa shape index (κ1) is 24.6. The number of rotatable bonds is 9. The van der Waals surface area contributed by atoms with Crippen LogP contribution in [0.3, 0.4) is 0 Å². The van der Waals surface area contributed by atoms with Crippen molar-refractivity contribution < 1.29 is 4.79 Å². The number of nitrogens with zero attached hydrogens (tertiary/aromatic N) is 6. The summed E-state index contributed by atoms with van der Waals surface area (Å²) in [4.78, 5) is 31.9. The van der Waals surface area contributed by atoms with E-state index in [-0.39, 0.29) is 23.7 Å². The van der Waals surface area contributed by atoms with E-state index in [0.717, 1.165) is 15.8 Å². The van der Waals surface area contributed by atoms with Crippen LogP contribution in [0.5, 0.6) is 0 Å². The van der Waals surface area contributed by atoms with Crippen molar-refractivity contribution >= 4 is 50.9 Å². The van der Waals surface area contributed by atoms with Gasteiger partial charge in [-0.25, -0.2) is 15.0 Å². The molecule has 36 heavy (non-hydrogen) atoms. The van der Waals surface area contributed by atoms with E-state index in [0.29, 0.717) is 30.7 Å². The summed E-state index contributed by atoms with van der Waals surface area (Å²) in [5.41, 5.74) is 8.04. The van der Waals surface area contributed by atoms with Gasteiger partial charge in [0, 0.05) is 29.4 Å². The van der Waals surface area contributed by atoms with E-state index < -0.39 is 0 Å². The van der Waals surface area contributed by atoms with Crippen LogP contribution in [0.2, 0.25) is 0 Å². The number of nitrogens with one attached hydrogen (secondary N) is 2. The highest BCUT2D eigenvalue weighted by Crippen LogP contribution is 2.28. The molecule has 0 spiro atoms. The Bertz CT molecular complexity index is 1390. The lowest BCUT2D eigenvalue weighted by molar-refractivity contribution is -0.117. The third kappa shape index (κ3) is 6.31. The molecule has 0 aliphatic heterocycles. The van der Waals surface area contributed by atoms with Crippen molar-refractivity contribution in [3.8, 4) is 6.07 Å². The molecule has 0 bridgehead atoms. The third-order valence-electron chi connectivity index (χ3n) is 5.01. The van der Waals surface area contributed by atoms with Gasteiger partial charge in [-0.15, -0.1) is 0 Å². The van der Waals surface area contributed by atoms with Crippen LogP contribution in [-0.2, 0) is 11.2 Å². The Kier molecular flexibility index (Phi) is 8.00. The Labute approximate surface area is 216 Å². The van der Waals surface area contributed by atoms with Crippen molar-refractivity contribution in [1.29, 1.82) is 5.26 Å². The fourth-order valence-electron chi connectivity index (χ4n) is 3.36. The molecule has 2 aromatic heterocycles. The van der Waals surface area contributed by atoms with E-state index in [2.05, 4.69) is 46.5 Å². The third-order valence-corrected chi connectivity index (χ3v) is 5.50. The number of nitrogen functional groups attached to an aromatic ring is 1. The fourth-order valence-corrected chi connectivity index (χ4v) is 3.75. The molecule has 1 amide bonds. The number of para-hydroxylation sites is 1. The van der Waals surface area contributed by atoms with Gasteiger partial charge in [0.2, 0.25) is 17.8 Å². The highest BCUT2D eigenvalue weighted by atomic mass is 79.9. The molecule has 4 aromatic rings. The fraction of sp³-hybridized carbons (Fsp3) is 0.120. The van der Waals surface area contributed by atoms with Gasteiger partial charge in [-0.05, 0) is 36.4 Å². The van der Waals surface area contributed by atoms with Gasteiger partial charge in [-0.2, -0.15) is 10.2 Å². The summed E-state index contributed by atoms with van der Waals surface area (Å²) in [5, 5.41) is 15.0. The lowest BCUT2D eigenvalue weighted by Crippen LogP contribution is -2.28. The molecule has 10 nitrogen and oxygen atoms in total. The summed E-state index contributed by atoms with van der Waals surface area (Å²) < 4.78 is 0.880. The van der Waals surface area contributed by atoms with E-state index in [4.69, 9.17) is 11.0 Å². The Morgan fingerprint density at radius 1 is 0.972 bits per heavy atom. The molecule has 0 saturated carbocycles. The first-order valence-electron chi connectivity index (χ1n) is 11.0. The number of anilines is 5. The van der Waals surface area contributed by atoms with Crippen LogP contribution >= 0.6 is 15.9 Å². The van der Waals surface area contributed by atoms with Crippen molar-refractivity contribution in [3.05, 3.63) is 88.8 Å². The van der Waals surface area contributed by atoms with Crippen LogP contribution < -0.4 is 21.3 Å². The van der Waals surface area contributed by atoms with E-state index >= 15 is 0 Å². The van der Waals surface area contributed by atoms with E-state index in [9.17, 15) is 4.79 Å². The van der Waals surface area contributed by atoms with Crippen molar-refractivity contribution in [1.82, 2.24) is 19.9 Å². The zero-order valence-corrected chi connectivity index (χ0v) is 20.7. The van der Waals surface area contributed by atoms with Crippen molar-refractivity contribution in [2.45, 2.75) is 6.42 Å². The molecule has 4 rings (SSSR count). The Morgan fingerprint density at radius 2 is 1.69 bits per heavy atom. The van der Waals surface area contributed by atoms with Crippen LogP contribution in [0, 0.1) is 11.3 Å². The SMILES string of the molecule is N#Cc1cnc(NCCNc2nccc(CC(=O)N(c3ccccc3)c3cccc(Br)c3)n2)nc1N. The Hall–Kier alpha value is -4.56. The molecule has 0 fully saturated rings. The van der Waals surface area contributed by atoms with E-state index in [1.807, 2.05) is 60.7 Å². The number of nitrogens with two attached hydrogens (primary N) is 1. The van der Waals surface area contributed by atoms with Crippen molar-refractivity contribution in [2.24, 2.45) is 0 Å². The highest BCUT2D eigenvalue weighted by Gasteiger charge is 2.19. The minimum absolute atomic E-state index is 0.0925. The van der Waals surface area contributed by atoms with Gasteiger partial charge in [-0.1, -0.05) is 40.2 Å². The first-order chi connectivity index (χ1) is 17.5. The number of nitriles is 1. The maximum absolute atomic E-state index is 13.4. The maximum Gasteiger partial charge on any atom is 0.237 e. The number of hydrogen-bond acceptors (Lipinski definition) is 9. The van der Waals surface area contributed by atoms with Gasteiger partial charge in [0.05, 0.1) is 24.0 Å². The van der Waals surface area contributed by atoms with Crippen LogP contribution in [0.4, 0.5) is 29.1 Å². The van der Waals surface area contributed by atoms with E-state index in [1.165, 1.54) is 6.20 Å². The molecule has 180 valence electrons. The predicted molar refractivity (Wildman–Crippen MR) is 142 cm³/mol. The van der Waals surface area contributed by atoms with Gasteiger partial charge in [-0.3, -0.25) is 9.69 Å². The molecule has 2 heterocycles. The molecule has 0 radical (unpaired) electrons. The second kappa shape index (κ2) is 11.7. The molecule has 0 unspecified atom stereocenters. The highest BCUT2D eigenvalue weighted by molar-refractivity contribution is 9.10. The molecule has 2 aromatic carbocycles. The number of carbonyl (C=O) groups excluding carboxylic acids is 1. The lowest BCUT2D eigenvalue weighted by atomic mass is 10.2. The second-order valence-corrected chi connectivity index (χ2v) is 8.47. The lowest BCUT2D eigenvalue weighted by Gasteiger charge is -2.23. The number of aromatic nitrogens is 4. The van der Waals surface area contributed by atoms with Crippen LogP contribution in [-0.4, -0.2) is 38.9 Å². The zero-order chi connectivity index (χ0) is 25.3. The summed E-state index contributed by atoms with van der Waals surface area (Å²) in [5.74, 6) is 0.718. The molecule has 4 N–H and O–H groups in total. The first-order valence-corrected chi connectivity index (χ1v) is 11.8. The number of carbonyl (C=O) groups is 1. The molecular weight excluding hydrogens is 522 g/mol. The van der Waals surface area contributed by atoms with Crippen molar-refractivity contribution in [3.63, 3.8) is 0 Å². The molecule has 0 aliphatic carbocycles. The van der Waals surface area contributed by atoms with Gasteiger partial charge >= 0.3 is 0 Å². The summed E-state index contributed by atoms with van der Waals surface area (Å²) in [7, 11) is 0. The summed E-state index contributed by atoms with van der Waals surface area (Å²) in [6.45, 7) is 0.928. The normalized spacial score (nSPS) is 10.3. The van der Waals surface area contributed by atoms with E-state index in [1.54, 1.807) is 17.2 Å². The minimum Gasteiger partial charge on any atom is -0.382 e. The smallest absolute Gasteiger partial charge is 0.237 e. The maximum atomic E-state index is 13.4. The number of hydrogen-bond donors (Lipinski definition) is 3. The standard InChI is InChI=1S/C25H22BrN9O/c26-18-5-4-8-21(13-18)35(20-6-2-1-3-7-20)22(36)14-19-9-10-29-24(33-19)30-11-12-31-25-32-16-17(15-27)23(28)34-25/h1-10,13,16H,11-12,14H2,(H,29,30,33)(H3,28,31,32,34). The zero-order valence-electron chi connectivity index (χ0n) is 19.1. The molecule has 11 heteroatoms. The topological polar surface area (TPSA) is 146 Å². The Balaban J connectivity index is 1.40. The average Bonchev–Trinajstić information content (AvgIpc) is 2.88. The monoisotopic (exact) mass is 543 g/mol. The molecule has 0 atom stereocenters. The minimum atomic E-state index is -0.124. The van der Waals surface area contributed by atoms with Gasteiger partial charge in [0.15, 0.2) is 0 Å². The average molecular weight is 544 g/mol. The Morgan fingerprint density at radius 3 is 2.39 bits per heavy atom. The largest absolute Gasteiger partial charge is 0.382 e. The quantitative estimate of drug-likeness (QED) is 0.267. The van der Waals surface area contributed by atoms with Crippen LogP contribution in [0.15, 0.2) is 77.5 Å². The number of amides is 1. The van der Waals surface area contributed by atoms with Crippen LogP contribution in [0.1, 0.15) is 11.3 Å². The number of halogens is 1. The molecular formula is C25H22BrN9O. The predicted octanol–water partition coefficient (Wildman–Crippen LogP) is 3.91. The van der Waals surface area contributed by atoms with Gasteiger partial charge in [0.25, 0.3) is 0 Å². The summed E-state index contributed by atoms with van der Waals surface area (Å²) in [6, 6.07) is 20.7. The number of benzene rings is 2. The van der Waals surface area contributed by atoms with Crippen LogP contribution in [0.25, 0.3) is 0 Å². The molecule has 0 saturated heterocycles.